The number of carboxylic acids is 1. The van der Waals surface area contributed by atoms with Crippen LogP contribution in [0.1, 0.15) is 26.7 Å². The van der Waals surface area contributed by atoms with Crippen molar-refractivity contribution in [3.05, 3.63) is 0 Å². The first kappa shape index (κ1) is 16.8. The first-order valence-corrected chi connectivity index (χ1v) is 6.90. The lowest BCUT2D eigenvalue weighted by molar-refractivity contribution is -0.139. The largest absolute Gasteiger partial charge is 0.480 e. The molecule has 0 aromatic rings. The van der Waals surface area contributed by atoms with Gasteiger partial charge in [0.05, 0.1) is 0 Å². The van der Waals surface area contributed by atoms with Gasteiger partial charge >= 0.3 is 5.97 Å². The summed E-state index contributed by atoms with van der Waals surface area (Å²) in [5, 5.41) is 8.82. The van der Waals surface area contributed by atoms with Gasteiger partial charge < -0.3 is 10.8 Å². The molecule has 9 heteroatoms. The minimum absolute atomic E-state index is 0.0930. The van der Waals surface area contributed by atoms with Gasteiger partial charge in [0.1, 0.15) is 6.04 Å². The molecule has 0 aromatic carbocycles. The lowest BCUT2D eigenvalue weighted by atomic mass is 10.2. The number of carboxylic acid groups (broad SMARTS) is 1. The van der Waals surface area contributed by atoms with E-state index in [1.54, 1.807) is 0 Å². The average Bonchev–Trinajstić information content (AvgIpc) is 2.21. The quantitative estimate of drug-likeness (QED) is 0.420. The highest BCUT2D eigenvalue weighted by atomic mass is 32.2. The monoisotopic (exact) mass is 281 g/mol. The van der Waals surface area contributed by atoms with Crippen LogP contribution in [0.5, 0.6) is 0 Å². The van der Waals surface area contributed by atoms with Gasteiger partial charge in [-0.1, -0.05) is 13.8 Å². The molecule has 0 bridgehead atoms. The molecule has 0 fully saturated rings. The number of hydrogen-bond donors (Lipinski definition) is 4. The number of carbonyl (C=O) groups is 2. The van der Waals surface area contributed by atoms with Crippen molar-refractivity contribution >= 4 is 22.1 Å². The Morgan fingerprint density at radius 3 is 2.28 bits per heavy atom. The Bertz CT molecular complexity index is 393. The highest BCUT2D eigenvalue weighted by Crippen LogP contribution is 1.99. The molecule has 106 valence electrons. The third kappa shape index (κ3) is 7.98. The topological polar surface area (TPSA) is 139 Å². The predicted molar refractivity (Wildman–Crippen MR) is 64.7 cm³/mol. The van der Waals surface area contributed by atoms with Gasteiger partial charge in [0.2, 0.25) is 5.91 Å². The smallest absolute Gasteiger partial charge is 0.321 e. The van der Waals surface area contributed by atoms with Crippen LogP contribution in [-0.2, 0) is 19.8 Å². The Hall–Kier alpha value is -1.19. The number of carbonyl (C=O) groups excluding carboxylic acids is 1. The molecule has 0 heterocycles. The zero-order chi connectivity index (χ0) is 14.3. The van der Waals surface area contributed by atoms with Crippen LogP contribution >= 0.6 is 0 Å². The summed E-state index contributed by atoms with van der Waals surface area (Å²) in [4.78, 5) is 21.4. The molecule has 0 aromatic heterocycles. The summed E-state index contributed by atoms with van der Waals surface area (Å²) in [5.74, 6) is -1.95. The van der Waals surface area contributed by atoms with Crippen LogP contribution in [-0.4, -0.2) is 38.0 Å². The fourth-order valence-corrected chi connectivity index (χ4v) is 2.25. The van der Waals surface area contributed by atoms with Crippen LogP contribution < -0.4 is 15.2 Å². The van der Waals surface area contributed by atoms with Gasteiger partial charge in [0.15, 0.2) is 0 Å². The number of aliphatic carboxylic acids is 1. The third-order valence-corrected chi connectivity index (χ3v) is 3.10. The van der Waals surface area contributed by atoms with Crippen molar-refractivity contribution in [3.63, 3.8) is 0 Å². The first-order valence-electron chi connectivity index (χ1n) is 5.42. The standard InChI is InChI=1S/C9H19N3O5S/c1-6(2)5-11-18(16,17)12-7(9(14)15)3-4-8(10)13/h6-7,11-12H,3-5H2,1-2H3,(H2,10,13)(H,14,15)/t7-/m0/s1. The highest BCUT2D eigenvalue weighted by Gasteiger charge is 2.24. The van der Waals surface area contributed by atoms with Crippen molar-refractivity contribution < 1.29 is 23.1 Å². The summed E-state index contributed by atoms with van der Waals surface area (Å²) < 4.78 is 27.2. The molecule has 0 saturated carbocycles. The zero-order valence-corrected chi connectivity index (χ0v) is 11.2. The fraction of sp³-hybridized carbons (Fsp3) is 0.778. The summed E-state index contributed by atoms with van der Waals surface area (Å²) in [7, 11) is -3.90. The Labute approximate surface area is 106 Å². The number of rotatable bonds is 9. The van der Waals surface area contributed by atoms with E-state index < -0.39 is 28.1 Å². The van der Waals surface area contributed by atoms with Gasteiger partial charge in [0, 0.05) is 13.0 Å². The molecule has 0 radical (unpaired) electrons. The van der Waals surface area contributed by atoms with E-state index in [1.165, 1.54) is 0 Å². The molecule has 0 unspecified atom stereocenters. The number of nitrogens with one attached hydrogen (secondary N) is 2. The van der Waals surface area contributed by atoms with Crippen LogP contribution in [0.15, 0.2) is 0 Å². The number of amides is 1. The van der Waals surface area contributed by atoms with Gasteiger partial charge in [-0.05, 0) is 12.3 Å². The lowest BCUT2D eigenvalue weighted by Crippen LogP contribution is -2.47. The van der Waals surface area contributed by atoms with Crippen LogP contribution in [0, 0.1) is 5.92 Å². The Morgan fingerprint density at radius 1 is 1.33 bits per heavy atom. The molecule has 5 N–H and O–H groups in total. The summed E-state index contributed by atoms with van der Waals surface area (Å²) in [6.07, 6.45) is -0.392. The van der Waals surface area contributed by atoms with E-state index in [9.17, 15) is 18.0 Å². The highest BCUT2D eigenvalue weighted by molar-refractivity contribution is 7.87. The van der Waals surface area contributed by atoms with Crippen LogP contribution in [0.25, 0.3) is 0 Å². The van der Waals surface area contributed by atoms with E-state index in [4.69, 9.17) is 10.8 Å². The van der Waals surface area contributed by atoms with E-state index in [-0.39, 0.29) is 25.3 Å². The molecule has 18 heavy (non-hydrogen) atoms. The zero-order valence-electron chi connectivity index (χ0n) is 10.3. The third-order valence-electron chi connectivity index (χ3n) is 1.96. The predicted octanol–water partition coefficient (Wildman–Crippen LogP) is -1.21. The molecule has 0 spiro atoms. The summed E-state index contributed by atoms with van der Waals surface area (Å²) in [5.41, 5.74) is 4.88. The first-order chi connectivity index (χ1) is 8.14. The molecule has 1 amide bonds. The maximum Gasteiger partial charge on any atom is 0.321 e. The second-order valence-electron chi connectivity index (χ2n) is 4.26. The SMILES string of the molecule is CC(C)CNS(=O)(=O)N[C@@H](CCC(N)=O)C(=O)O. The molecular formula is C9H19N3O5S. The van der Waals surface area contributed by atoms with E-state index in [1.807, 2.05) is 18.6 Å². The van der Waals surface area contributed by atoms with E-state index in [0.717, 1.165) is 0 Å². The van der Waals surface area contributed by atoms with Crippen molar-refractivity contribution in [2.24, 2.45) is 11.7 Å². The van der Waals surface area contributed by atoms with Crippen molar-refractivity contribution in [2.75, 3.05) is 6.54 Å². The van der Waals surface area contributed by atoms with Gasteiger partial charge in [0.25, 0.3) is 10.2 Å². The van der Waals surface area contributed by atoms with Gasteiger partial charge in [-0.3, -0.25) is 9.59 Å². The average molecular weight is 281 g/mol. The van der Waals surface area contributed by atoms with Crippen LogP contribution in [0.3, 0.4) is 0 Å². The van der Waals surface area contributed by atoms with Gasteiger partial charge in [-0.25, -0.2) is 4.72 Å². The maximum absolute atomic E-state index is 11.5. The van der Waals surface area contributed by atoms with E-state index in [0.29, 0.717) is 0 Å². The fourth-order valence-electron chi connectivity index (χ4n) is 1.02. The maximum atomic E-state index is 11.5. The molecule has 1 atom stereocenters. The Kier molecular flexibility index (Phi) is 6.81. The van der Waals surface area contributed by atoms with Crippen molar-refractivity contribution in [1.29, 1.82) is 0 Å². The second kappa shape index (κ2) is 7.29. The Morgan fingerprint density at radius 2 is 1.89 bits per heavy atom. The van der Waals surface area contributed by atoms with E-state index >= 15 is 0 Å². The normalized spacial score (nSPS) is 13.5. The molecule has 0 aliphatic rings. The summed E-state index contributed by atoms with van der Waals surface area (Å²) in [6, 6.07) is -1.37. The minimum Gasteiger partial charge on any atom is -0.480 e. The number of primary amides is 1. The van der Waals surface area contributed by atoms with Crippen molar-refractivity contribution in [1.82, 2.24) is 9.44 Å². The molecule has 0 aliphatic heterocycles. The lowest BCUT2D eigenvalue weighted by Gasteiger charge is -2.15. The van der Waals surface area contributed by atoms with Crippen LogP contribution in [0.2, 0.25) is 0 Å². The second-order valence-corrected chi connectivity index (χ2v) is 5.79. The molecule has 8 nitrogen and oxygen atoms in total. The molecule has 0 aliphatic carbocycles. The van der Waals surface area contributed by atoms with Crippen molar-refractivity contribution in [2.45, 2.75) is 32.7 Å². The molecular weight excluding hydrogens is 262 g/mol. The summed E-state index contributed by atoms with van der Waals surface area (Å²) in [6.45, 7) is 3.81. The number of hydrogen-bond acceptors (Lipinski definition) is 4. The molecule has 0 rings (SSSR count). The van der Waals surface area contributed by atoms with Gasteiger partial charge in [-0.15, -0.1) is 0 Å². The van der Waals surface area contributed by atoms with Gasteiger partial charge in [-0.2, -0.15) is 13.1 Å². The summed E-state index contributed by atoms with van der Waals surface area (Å²) >= 11 is 0. The van der Waals surface area contributed by atoms with Crippen molar-refractivity contribution in [3.8, 4) is 0 Å². The van der Waals surface area contributed by atoms with Crippen LogP contribution in [0.4, 0.5) is 0 Å². The van der Waals surface area contributed by atoms with E-state index in [2.05, 4.69) is 4.72 Å². The Balaban J connectivity index is 4.47. The minimum atomic E-state index is -3.90. The number of nitrogens with two attached hydrogens (primary N) is 1. The molecule has 0 saturated heterocycles.